The number of hydrogen-bond donors (Lipinski definition) is 0. The molecule has 15 aromatic rings. The second kappa shape index (κ2) is 10.5. The van der Waals surface area contributed by atoms with E-state index in [1.807, 2.05) is 0 Å². The third-order valence-electron chi connectivity index (χ3n) is 13.4. The van der Waals surface area contributed by atoms with Crippen molar-refractivity contribution in [2.24, 2.45) is 0 Å². The number of aromatic nitrogens is 4. The topological polar surface area (TPSA) is 26.6 Å². The Labute approximate surface area is 335 Å². The number of fused-ring (bicyclic) bond motifs is 18. The second-order valence-corrected chi connectivity index (χ2v) is 16.3. The minimum atomic E-state index is 1.00. The molecule has 0 aliphatic heterocycles. The Bertz CT molecular complexity index is 4300. The molecule has 4 heteroatoms. The second-order valence-electron chi connectivity index (χ2n) is 16.3. The summed E-state index contributed by atoms with van der Waals surface area (Å²) >= 11 is 0. The van der Waals surface area contributed by atoms with Gasteiger partial charge in [0, 0.05) is 65.1 Å². The largest absolute Gasteiger partial charge is 0.309 e. The van der Waals surface area contributed by atoms with Crippen LogP contribution in [0.1, 0.15) is 0 Å². The van der Waals surface area contributed by atoms with Crippen LogP contribution in [-0.2, 0) is 0 Å². The average molecular weight is 747 g/mol. The predicted octanol–water partition coefficient (Wildman–Crippen LogP) is 14.5. The molecule has 0 aliphatic carbocycles. The summed E-state index contributed by atoms with van der Waals surface area (Å²) in [6, 6.07) is 67.2. The van der Waals surface area contributed by atoms with Crippen molar-refractivity contribution >= 4 is 120 Å². The summed E-state index contributed by atoms with van der Waals surface area (Å²) < 4.78 is 7.39. The van der Waals surface area contributed by atoms with Gasteiger partial charge in [0.1, 0.15) is 5.65 Å². The van der Waals surface area contributed by atoms with Crippen LogP contribution in [0.5, 0.6) is 0 Å². The van der Waals surface area contributed by atoms with Crippen LogP contribution in [0.25, 0.3) is 137 Å². The highest BCUT2D eigenvalue weighted by Gasteiger charge is 2.26. The van der Waals surface area contributed by atoms with Gasteiger partial charge in [0.15, 0.2) is 0 Å². The first-order chi connectivity index (χ1) is 29.3. The van der Waals surface area contributed by atoms with Crippen molar-refractivity contribution in [3.05, 3.63) is 182 Å². The van der Waals surface area contributed by atoms with E-state index in [9.17, 15) is 0 Å². The number of pyridine rings is 1. The Balaban J connectivity index is 1.11. The molecule has 0 atom stereocenters. The zero-order chi connectivity index (χ0) is 38.1. The molecular formula is C55H30N4. The van der Waals surface area contributed by atoms with Crippen LogP contribution in [-0.4, -0.2) is 18.4 Å². The van der Waals surface area contributed by atoms with E-state index in [-0.39, 0.29) is 0 Å². The zero-order valence-electron chi connectivity index (χ0n) is 31.6. The van der Waals surface area contributed by atoms with Crippen LogP contribution in [0.2, 0.25) is 0 Å². The molecule has 0 unspecified atom stereocenters. The molecule has 0 saturated carbocycles. The summed E-state index contributed by atoms with van der Waals surface area (Å²) in [5, 5.41) is 16.1. The normalized spacial score (nSPS) is 12.7. The molecule has 59 heavy (non-hydrogen) atoms. The van der Waals surface area contributed by atoms with Crippen LogP contribution in [0.3, 0.4) is 0 Å². The van der Waals surface area contributed by atoms with Crippen molar-refractivity contribution in [2.75, 3.05) is 0 Å². The molecule has 0 bridgehead atoms. The number of nitrogens with zero attached hydrogens (tertiary/aromatic N) is 4. The molecule has 0 aliphatic rings. The van der Waals surface area contributed by atoms with Crippen molar-refractivity contribution in [1.82, 2.24) is 18.4 Å². The van der Waals surface area contributed by atoms with Gasteiger partial charge in [0.05, 0.1) is 44.1 Å². The standard InChI is InChI=1S/C55H30N4/c1-2-14-34(15-3-1)57-46-23-9-8-18-37(46)43-29-33(25-27-47(43)57)49-35-16-6-5-13-32(35)28-44-39-20-10-21-40-45-30-48-50(56-55(45)59(52(39)40)54(44)49)42-22-11-19-38-41-26-24-31-12-4-7-17-36(31)51(41)58(48)53(38)42/h1-30H. The molecule has 270 valence electrons. The lowest BCUT2D eigenvalue weighted by Gasteiger charge is -2.12. The third-order valence-corrected chi connectivity index (χ3v) is 13.4. The molecule has 0 saturated heterocycles. The van der Waals surface area contributed by atoms with E-state index in [1.165, 1.54) is 114 Å². The highest BCUT2D eigenvalue weighted by atomic mass is 15.0. The van der Waals surface area contributed by atoms with E-state index in [0.29, 0.717) is 0 Å². The van der Waals surface area contributed by atoms with E-state index in [2.05, 4.69) is 195 Å². The molecule has 9 aromatic carbocycles. The number of para-hydroxylation sites is 4. The van der Waals surface area contributed by atoms with Gasteiger partial charge in [-0.05, 0) is 64.2 Å². The van der Waals surface area contributed by atoms with Gasteiger partial charge in [-0.25, -0.2) is 4.98 Å². The third kappa shape index (κ3) is 3.60. The number of benzene rings is 9. The van der Waals surface area contributed by atoms with Crippen LogP contribution in [0.4, 0.5) is 0 Å². The van der Waals surface area contributed by atoms with Crippen molar-refractivity contribution in [3.63, 3.8) is 0 Å². The van der Waals surface area contributed by atoms with Gasteiger partial charge in [0.25, 0.3) is 0 Å². The predicted molar refractivity (Wildman–Crippen MR) is 248 cm³/mol. The summed E-state index contributed by atoms with van der Waals surface area (Å²) in [7, 11) is 0. The Hall–Kier alpha value is -7.95. The molecule has 6 aromatic heterocycles. The first kappa shape index (κ1) is 30.2. The summed E-state index contributed by atoms with van der Waals surface area (Å²) in [5.74, 6) is 0. The van der Waals surface area contributed by atoms with Crippen molar-refractivity contribution in [3.8, 4) is 16.8 Å². The lowest BCUT2D eigenvalue weighted by atomic mass is 9.93. The molecule has 6 heterocycles. The van der Waals surface area contributed by atoms with Crippen LogP contribution >= 0.6 is 0 Å². The fraction of sp³-hybridized carbons (Fsp3) is 0. The van der Waals surface area contributed by atoms with Crippen LogP contribution in [0.15, 0.2) is 182 Å². The Morgan fingerprint density at radius 1 is 0.322 bits per heavy atom. The molecule has 0 radical (unpaired) electrons. The van der Waals surface area contributed by atoms with Gasteiger partial charge in [-0.3, -0.25) is 4.40 Å². The molecular weight excluding hydrogens is 717 g/mol. The highest BCUT2D eigenvalue weighted by Crippen LogP contribution is 2.48. The Morgan fingerprint density at radius 2 is 0.949 bits per heavy atom. The van der Waals surface area contributed by atoms with Gasteiger partial charge in [-0.2, -0.15) is 0 Å². The van der Waals surface area contributed by atoms with Gasteiger partial charge < -0.3 is 8.97 Å². The first-order valence-corrected chi connectivity index (χ1v) is 20.4. The van der Waals surface area contributed by atoms with E-state index in [0.717, 1.165) is 22.4 Å². The van der Waals surface area contributed by atoms with Crippen LogP contribution in [0, 0.1) is 0 Å². The maximum absolute atomic E-state index is 5.78. The van der Waals surface area contributed by atoms with E-state index in [4.69, 9.17) is 4.98 Å². The van der Waals surface area contributed by atoms with Crippen molar-refractivity contribution in [1.29, 1.82) is 0 Å². The number of rotatable bonds is 2. The van der Waals surface area contributed by atoms with Gasteiger partial charge in [-0.15, -0.1) is 0 Å². The smallest absolute Gasteiger partial charge is 0.146 e. The first-order valence-electron chi connectivity index (χ1n) is 20.4. The summed E-state index contributed by atoms with van der Waals surface area (Å²) in [6.45, 7) is 0. The van der Waals surface area contributed by atoms with Gasteiger partial charge in [0.2, 0.25) is 0 Å². The zero-order valence-corrected chi connectivity index (χ0v) is 31.6. The lowest BCUT2D eigenvalue weighted by molar-refractivity contribution is 1.18. The van der Waals surface area contributed by atoms with Crippen molar-refractivity contribution < 1.29 is 0 Å². The Kier molecular flexibility index (Phi) is 5.38. The summed E-state index contributed by atoms with van der Waals surface area (Å²) in [5.41, 5.74) is 14.1. The molecule has 0 amide bonds. The van der Waals surface area contributed by atoms with Gasteiger partial charge in [-0.1, -0.05) is 140 Å². The fourth-order valence-electron chi connectivity index (χ4n) is 11.1. The Morgan fingerprint density at radius 3 is 1.81 bits per heavy atom. The summed E-state index contributed by atoms with van der Waals surface area (Å²) in [4.78, 5) is 5.78. The molecule has 4 nitrogen and oxygen atoms in total. The minimum Gasteiger partial charge on any atom is -0.309 e. The SMILES string of the molecule is c1ccc(-n2c3ccccc3c3cc(-c4c5ccccc5cc5c6cccc7c8cc9c(nc8n(c45)c76)c4cccc5c6ccc7ccccc7c6n9c54)ccc32)cc1. The maximum Gasteiger partial charge on any atom is 0.146 e. The molecule has 0 N–H and O–H groups in total. The average Bonchev–Trinajstić information content (AvgIpc) is 4.08. The summed E-state index contributed by atoms with van der Waals surface area (Å²) in [6.07, 6.45) is 0. The van der Waals surface area contributed by atoms with Gasteiger partial charge >= 0.3 is 0 Å². The molecule has 0 spiro atoms. The lowest BCUT2D eigenvalue weighted by Crippen LogP contribution is -1.93. The highest BCUT2D eigenvalue weighted by molar-refractivity contribution is 6.31. The quantitative estimate of drug-likeness (QED) is 0.173. The fourth-order valence-corrected chi connectivity index (χ4v) is 11.1. The molecule has 15 rings (SSSR count). The van der Waals surface area contributed by atoms with E-state index in [1.54, 1.807) is 0 Å². The van der Waals surface area contributed by atoms with E-state index < -0.39 is 0 Å². The minimum absolute atomic E-state index is 1.00. The van der Waals surface area contributed by atoms with Crippen molar-refractivity contribution in [2.45, 2.75) is 0 Å². The number of hydrogen-bond acceptors (Lipinski definition) is 1. The van der Waals surface area contributed by atoms with E-state index >= 15 is 0 Å². The van der Waals surface area contributed by atoms with Crippen LogP contribution < -0.4 is 0 Å². The monoisotopic (exact) mass is 746 g/mol. The molecule has 0 fully saturated rings. The maximum atomic E-state index is 5.78.